The van der Waals surface area contributed by atoms with E-state index in [-0.39, 0.29) is 29.5 Å². The smallest absolute Gasteiger partial charge is 0.422 e. The van der Waals surface area contributed by atoms with Crippen LogP contribution in [0.2, 0.25) is 0 Å². The summed E-state index contributed by atoms with van der Waals surface area (Å²) in [6.07, 6.45) is -4.41. The first kappa shape index (κ1) is 21.3. The molecular weight excluding hydrogens is 375 g/mol. The molecule has 1 amide bonds. The number of carbonyl (C=O) groups excluding carboxylic acids is 2. The highest BCUT2D eigenvalue weighted by Gasteiger charge is 2.28. The van der Waals surface area contributed by atoms with Gasteiger partial charge in [0.2, 0.25) is 0 Å². The second-order valence-corrected chi connectivity index (χ2v) is 6.36. The maximum Gasteiger partial charge on any atom is 0.422 e. The molecule has 2 aromatic rings. The number of alkyl halides is 3. The van der Waals surface area contributed by atoms with E-state index >= 15 is 0 Å². The van der Waals surface area contributed by atoms with Crippen LogP contribution in [0.1, 0.15) is 47.5 Å². The van der Waals surface area contributed by atoms with Gasteiger partial charge < -0.3 is 10.1 Å². The summed E-state index contributed by atoms with van der Waals surface area (Å²) in [6.45, 7) is 3.38. The second kappa shape index (κ2) is 8.81. The molecule has 1 heterocycles. The highest BCUT2D eigenvalue weighted by Crippen LogP contribution is 2.22. The molecule has 0 aliphatic heterocycles. The highest BCUT2D eigenvalue weighted by molar-refractivity contribution is 5.92. The fourth-order valence-corrected chi connectivity index (χ4v) is 2.44. The van der Waals surface area contributed by atoms with Crippen molar-refractivity contribution < 1.29 is 27.5 Å². The predicted octanol–water partition coefficient (Wildman–Crippen LogP) is 3.35. The Kier molecular flexibility index (Phi) is 6.71. The Bertz CT molecular complexity index is 869. The Morgan fingerprint density at radius 1 is 1.21 bits per heavy atom. The molecule has 2 rings (SSSR count). The summed E-state index contributed by atoms with van der Waals surface area (Å²) in [5, 5.41) is 2.73. The lowest BCUT2D eigenvalue weighted by atomic mass is 10.1. The van der Waals surface area contributed by atoms with Gasteiger partial charge in [0.1, 0.15) is 23.1 Å². The topological polar surface area (TPSA) is 81.2 Å². The first-order valence-electron chi connectivity index (χ1n) is 8.48. The minimum atomic E-state index is -4.43. The van der Waals surface area contributed by atoms with Crippen molar-refractivity contribution in [2.24, 2.45) is 0 Å². The number of ketones is 1. The average Bonchev–Trinajstić information content (AvgIpc) is 2.58. The normalized spacial score (nSPS) is 12.4. The molecule has 6 nitrogen and oxygen atoms in total. The van der Waals surface area contributed by atoms with Gasteiger partial charge in [-0.15, -0.1) is 0 Å². The van der Waals surface area contributed by atoms with Crippen molar-refractivity contribution in [2.75, 3.05) is 6.61 Å². The molecule has 1 N–H and O–H groups in total. The van der Waals surface area contributed by atoms with E-state index in [1.807, 2.05) is 0 Å². The molecule has 0 saturated heterocycles. The third kappa shape index (κ3) is 6.64. The number of Topliss-reactive ketones (excluding diaryl/α,β-unsaturated/α-hetero) is 1. The van der Waals surface area contributed by atoms with Crippen molar-refractivity contribution in [1.29, 1.82) is 0 Å². The van der Waals surface area contributed by atoms with Gasteiger partial charge in [0.05, 0.1) is 12.5 Å². The standard InChI is InChI=1S/C19H20F3N3O3/c1-11-7-16(25-17(23-11)8-12(2)26)18(27)24-13(3)14-5-4-6-15(9-14)28-10-19(20,21)22/h4-7,9,13H,8,10H2,1-3H3,(H,24,27). The quantitative estimate of drug-likeness (QED) is 0.778. The molecule has 1 aromatic heterocycles. The van der Waals surface area contributed by atoms with E-state index in [1.54, 1.807) is 26.0 Å². The number of ether oxygens (including phenoxy) is 1. The fraction of sp³-hybridized carbons (Fsp3) is 0.368. The number of amides is 1. The first-order valence-corrected chi connectivity index (χ1v) is 8.48. The molecule has 0 aliphatic rings. The molecule has 9 heteroatoms. The van der Waals surface area contributed by atoms with Crippen molar-refractivity contribution in [3.63, 3.8) is 0 Å². The van der Waals surface area contributed by atoms with Crippen LogP contribution in [0.3, 0.4) is 0 Å². The van der Waals surface area contributed by atoms with E-state index < -0.39 is 24.7 Å². The Morgan fingerprint density at radius 3 is 2.57 bits per heavy atom. The van der Waals surface area contributed by atoms with Crippen molar-refractivity contribution in [3.05, 3.63) is 53.1 Å². The number of rotatable bonds is 7. The Morgan fingerprint density at radius 2 is 1.93 bits per heavy atom. The van der Waals surface area contributed by atoms with Gasteiger partial charge in [0, 0.05) is 5.69 Å². The average molecular weight is 395 g/mol. The number of nitrogens with zero attached hydrogens (tertiary/aromatic N) is 2. The number of nitrogens with one attached hydrogen (secondary N) is 1. The molecule has 0 fully saturated rings. The first-order chi connectivity index (χ1) is 13.0. The van der Waals surface area contributed by atoms with Gasteiger partial charge in [0.25, 0.3) is 5.91 Å². The maximum atomic E-state index is 12.5. The molecule has 0 spiro atoms. The van der Waals surface area contributed by atoms with E-state index in [4.69, 9.17) is 4.74 Å². The number of carbonyl (C=O) groups is 2. The van der Waals surface area contributed by atoms with Crippen LogP contribution in [0.25, 0.3) is 0 Å². The molecule has 0 aliphatic carbocycles. The summed E-state index contributed by atoms with van der Waals surface area (Å²) in [5.41, 5.74) is 1.23. The molecule has 1 atom stereocenters. The summed E-state index contributed by atoms with van der Waals surface area (Å²) in [7, 11) is 0. The largest absolute Gasteiger partial charge is 0.484 e. The summed E-state index contributed by atoms with van der Waals surface area (Å²) >= 11 is 0. The van der Waals surface area contributed by atoms with Crippen LogP contribution in [-0.2, 0) is 11.2 Å². The van der Waals surface area contributed by atoms with Crippen LogP contribution in [-0.4, -0.2) is 34.4 Å². The van der Waals surface area contributed by atoms with Crippen LogP contribution < -0.4 is 10.1 Å². The van der Waals surface area contributed by atoms with Crippen molar-refractivity contribution >= 4 is 11.7 Å². The van der Waals surface area contributed by atoms with Crippen LogP contribution in [0.4, 0.5) is 13.2 Å². The highest BCUT2D eigenvalue weighted by atomic mass is 19.4. The van der Waals surface area contributed by atoms with Crippen LogP contribution in [0.15, 0.2) is 30.3 Å². The van der Waals surface area contributed by atoms with Gasteiger partial charge in [-0.3, -0.25) is 9.59 Å². The van der Waals surface area contributed by atoms with E-state index in [0.717, 1.165) is 0 Å². The van der Waals surface area contributed by atoms with Gasteiger partial charge >= 0.3 is 6.18 Å². The number of halogens is 3. The van der Waals surface area contributed by atoms with Crippen LogP contribution >= 0.6 is 0 Å². The van der Waals surface area contributed by atoms with Crippen molar-refractivity contribution in [3.8, 4) is 5.75 Å². The van der Waals surface area contributed by atoms with Crippen molar-refractivity contribution in [2.45, 2.75) is 39.4 Å². The molecule has 0 radical (unpaired) electrons. The third-order valence-electron chi connectivity index (χ3n) is 3.65. The summed E-state index contributed by atoms with van der Waals surface area (Å²) in [4.78, 5) is 32.0. The lowest BCUT2D eigenvalue weighted by Crippen LogP contribution is -2.28. The predicted molar refractivity (Wildman–Crippen MR) is 95.0 cm³/mol. The molecule has 1 unspecified atom stereocenters. The molecule has 0 bridgehead atoms. The van der Waals surface area contributed by atoms with E-state index in [0.29, 0.717) is 11.3 Å². The number of benzene rings is 1. The molecular formula is C19H20F3N3O3. The van der Waals surface area contributed by atoms with E-state index in [1.165, 1.54) is 25.1 Å². The lowest BCUT2D eigenvalue weighted by Gasteiger charge is -2.16. The monoisotopic (exact) mass is 395 g/mol. The molecule has 150 valence electrons. The summed E-state index contributed by atoms with van der Waals surface area (Å²) in [5.74, 6) is -0.296. The van der Waals surface area contributed by atoms with Crippen molar-refractivity contribution in [1.82, 2.24) is 15.3 Å². The Balaban J connectivity index is 2.10. The molecule has 28 heavy (non-hydrogen) atoms. The molecule has 0 saturated carbocycles. The van der Waals surface area contributed by atoms with Gasteiger partial charge in [-0.2, -0.15) is 13.2 Å². The summed E-state index contributed by atoms with van der Waals surface area (Å²) in [6, 6.07) is 7.04. The number of aromatic nitrogens is 2. The fourth-order valence-electron chi connectivity index (χ4n) is 2.44. The van der Waals surface area contributed by atoms with Crippen LogP contribution in [0, 0.1) is 6.92 Å². The van der Waals surface area contributed by atoms with Gasteiger partial charge in [-0.1, -0.05) is 12.1 Å². The molecule has 1 aromatic carbocycles. The van der Waals surface area contributed by atoms with Crippen LogP contribution in [0.5, 0.6) is 5.75 Å². The zero-order valence-corrected chi connectivity index (χ0v) is 15.6. The Hall–Kier alpha value is -2.97. The van der Waals surface area contributed by atoms with Gasteiger partial charge in [-0.25, -0.2) is 9.97 Å². The van der Waals surface area contributed by atoms with Gasteiger partial charge in [0.15, 0.2) is 6.61 Å². The minimum Gasteiger partial charge on any atom is -0.484 e. The summed E-state index contributed by atoms with van der Waals surface area (Å²) < 4.78 is 41.6. The lowest BCUT2D eigenvalue weighted by molar-refractivity contribution is -0.153. The second-order valence-electron chi connectivity index (χ2n) is 6.36. The maximum absolute atomic E-state index is 12.5. The number of hydrogen-bond acceptors (Lipinski definition) is 5. The SMILES string of the molecule is CC(=O)Cc1nc(C)cc(C(=O)NC(C)c2cccc(OCC(F)(F)F)c2)n1. The number of hydrogen-bond donors (Lipinski definition) is 1. The number of aryl methyl sites for hydroxylation is 1. The minimum absolute atomic E-state index is 0.0239. The zero-order chi connectivity index (χ0) is 20.9. The van der Waals surface area contributed by atoms with E-state index in [2.05, 4.69) is 15.3 Å². The van der Waals surface area contributed by atoms with E-state index in [9.17, 15) is 22.8 Å². The zero-order valence-electron chi connectivity index (χ0n) is 15.6. The Labute approximate surface area is 160 Å². The third-order valence-corrected chi connectivity index (χ3v) is 3.65. The van der Waals surface area contributed by atoms with Gasteiger partial charge in [-0.05, 0) is 44.5 Å².